The summed E-state index contributed by atoms with van der Waals surface area (Å²) in [5, 5.41) is 2.95. The van der Waals surface area contributed by atoms with Gasteiger partial charge >= 0.3 is 6.18 Å². The number of nitrogens with one attached hydrogen (secondary N) is 1. The average Bonchev–Trinajstić information content (AvgIpc) is 2.86. The maximum Gasteiger partial charge on any atom is 0.416 e. The fourth-order valence-electron chi connectivity index (χ4n) is 3.82. The highest BCUT2D eigenvalue weighted by Gasteiger charge is 2.30. The summed E-state index contributed by atoms with van der Waals surface area (Å²) in [7, 11) is 1.31. The largest absolute Gasteiger partial charge is 0.484 e. The van der Waals surface area contributed by atoms with Crippen LogP contribution in [0.25, 0.3) is 0 Å². The summed E-state index contributed by atoms with van der Waals surface area (Å²) >= 11 is 0. The van der Waals surface area contributed by atoms with Crippen molar-refractivity contribution in [3.8, 4) is 5.75 Å². The molecule has 1 amide bonds. The van der Waals surface area contributed by atoms with E-state index in [0.29, 0.717) is 35.5 Å². The van der Waals surface area contributed by atoms with Gasteiger partial charge in [0.25, 0.3) is 11.5 Å². The topological polar surface area (TPSA) is 85.7 Å². The van der Waals surface area contributed by atoms with Crippen LogP contribution in [0.3, 0.4) is 0 Å². The van der Waals surface area contributed by atoms with Crippen molar-refractivity contribution in [1.82, 2.24) is 14.6 Å². The van der Waals surface area contributed by atoms with E-state index in [1.807, 2.05) is 19.1 Å². The molecule has 0 saturated carbocycles. The lowest BCUT2D eigenvalue weighted by molar-refractivity contribution is -0.137. The molecule has 190 valence electrons. The number of carbonyl (C=O) groups is 1. The third-order valence-corrected chi connectivity index (χ3v) is 5.84. The molecule has 4 rings (SSSR count). The van der Waals surface area contributed by atoms with E-state index in [0.717, 1.165) is 22.4 Å². The number of aromatic nitrogens is 2. The molecule has 36 heavy (non-hydrogen) atoms. The number of alkyl halides is 3. The molecule has 1 aliphatic rings. The first kappa shape index (κ1) is 25.1. The molecule has 1 aromatic heterocycles. The van der Waals surface area contributed by atoms with Crippen LogP contribution in [-0.4, -0.2) is 40.8 Å². The van der Waals surface area contributed by atoms with E-state index in [1.165, 1.54) is 24.1 Å². The molecule has 0 radical (unpaired) electrons. The zero-order valence-electron chi connectivity index (χ0n) is 19.8. The quantitative estimate of drug-likeness (QED) is 0.534. The summed E-state index contributed by atoms with van der Waals surface area (Å²) < 4.78 is 44.9. The van der Waals surface area contributed by atoms with Crippen LogP contribution in [0.4, 0.5) is 19.1 Å². The summed E-state index contributed by atoms with van der Waals surface area (Å²) in [6.45, 7) is 2.37. The summed E-state index contributed by atoms with van der Waals surface area (Å²) in [6.07, 6.45) is -4.05. The van der Waals surface area contributed by atoms with E-state index >= 15 is 0 Å². The Balaban J connectivity index is 1.44. The van der Waals surface area contributed by atoms with Crippen molar-refractivity contribution in [3.63, 3.8) is 0 Å². The molecule has 2 aromatic carbocycles. The monoisotopic (exact) mass is 502 g/mol. The lowest BCUT2D eigenvalue weighted by Gasteiger charge is -2.28. The molecule has 11 heteroatoms. The molecule has 0 atom stereocenters. The summed E-state index contributed by atoms with van der Waals surface area (Å²) in [6, 6.07) is 12.0. The number of rotatable bonds is 7. The Morgan fingerprint density at radius 3 is 2.44 bits per heavy atom. The van der Waals surface area contributed by atoms with Gasteiger partial charge in [0.2, 0.25) is 5.95 Å². The minimum Gasteiger partial charge on any atom is -0.484 e. The lowest BCUT2D eigenvalue weighted by atomic mass is 10.1. The minimum absolute atomic E-state index is 0.0692. The molecular formula is C25H25F3N4O4. The van der Waals surface area contributed by atoms with Gasteiger partial charge in [0, 0.05) is 19.5 Å². The third kappa shape index (κ3) is 5.61. The van der Waals surface area contributed by atoms with Crippen molar-refractivity contribution in [1.29, 1.82) is 0 Å². The first-order chi connectivity index (χ1) is 17.2. The fourth-order valence-corrected chi connectivity index (χ4v) is 3.82. The Hall–Kier alpha value is -4.02. The van der Waals surface area contributed by atoms with E-state index in [2.05, 4.69) is 10.3 Å². The first-order valence-electron chi connectivity index (χ1n) is 11.2. The van der Waals surface area contributed by atoms with Gasteiger partial charge in [-0.3, -0.25) is 9.59 Å². The smallest absolute Gasteiger partial charge is 0.416 e. The number of hydrogen-bond donors (Lipinski definition) is 1. The zero-order chi connectivity index (χ0) is 25.9. The van der Waals surface area contributed by atoms with E-state index in [1.54, 1.807) is 12.1 Å². The van der Waals surface area contributed by atoms with Crippen LogP contribution < -0.4 is 20.5 Å². The van der Waals surface area contributed by atoms with Crippen molar-refractivity contribution in [2.24, 2.45) is 0 Å². The Bertz CT molecular complexity index is 1290. The molecule has 3 aromatic rings. The van der Waals surface area contributed by atoms with Crippen molar-refractivity contribution in [2.75, 3.05) is 25.6 Å². The van der Waals surface area contributed by atoms with Crippen LogP contribution in [0.2, 0.25) is 0 Å². The van der Waals surface area contributed by atoms with E-state index in [-0.39, 0.29) is 31.6 Å². The molecule has 8 nitrogen and oxygen atoms in total. The van der Waals surface area contributed by atoms with Crippen LogP contribution in [0.5, 0.6) is 5.75 Å². The summed E-state index contributed by atoms with van der Waals surface area (Å²) in [5.74, 6) is 0.455. The van der Waals surface area contributed by atoms with Crippen molar-refractivity contribution < 1.29 is 27.5 Å². The van der Waals surface area contributed by atoms with Gasteiger partial charge in [-0.1, -0.05) is 29.8 Å². The normalized spacial score (nSPS) is 13.2. The number of anilines is 1. The highest BCUT2D eigenvalue weighted by Crippen LogP contribution is 2.29. The van der Waals surface area contributed by atoms with Gasteiger partial charge in [-0.05, 0) is 36.8 Å². The maximum absolute atomic E-state index is 13.1. The van der Waals surface area contributed by atoms with E-state index in [9.17, 15) is 22.8 Å². The van der Waals surface area contributed by atoms with Gasteiger partial charge in [0.15, 0.2) is 6.61 Å². The van der Waals surface area contributed by atoms with Crippen LogP contribution in [0.1, 0.15) is 27.9 Å². The molecule has 0 bridgehead atoms. The molecule has 1 aliphatic heterocycles. The van der Waals surface area contributed by atoms with Gasteiger partial charge in [-0.2, -0.15) is 13.2 Å². The van der Waals surface area contributed by atoms with Crippen molar-refractivity contribution in [2.45, 2.75) is 32.6 Å². The highest BCUT2D eigenvalue weighted by atomic mass is 19.4. The minimum atomic E-state index is -4.41. The number of aryl methyl sites for hydroxylation is 1. The second-order valence-electron chi connectivity index (χ2n) is 8.36. The first-order valence-corrected chi connectivity index (χ1v) is 11.2. The predicted molar refractivity (Wildman–Crippen MR) is 126 cm³/mol. The van der Waals surface area contributed by atoms with Crippen LogP contribution in [0, 0.1) is 6.92 Å². The SMILES string of the molecule is COn1c(NCc2ccc(C(F)(F)F)cc2)nc2c(c1=O)CN(C(=O)COc1ccc(C)cc1)CC2. The number of nitrogens with zero attached hydrogens (tertiary/aromatic N) is 3. The zero-order valence-corrected chi connectivity index (χ0v) is 19.8. The van der Waals surface area contributed by atoms with E-state index in [4.69, 9.17) is 9.57 Å². The molecule has 0 fully saturated rings. The van der Waals surface area contributed by atoms with Crippen LogP contribution in [-0.2, 0) is 30.5 Å². The van der Waals surface area contributed by atoms with Gasteiger partial charge in [0.05, 0.1) is 23.4 Å². The number of amides is 1. The van der Waals surface area contributed by atoms with E-state index < -0.39 is 17.3 Å². The fraction of sp³-hybridized carbons (Fsp3) is 0.320. The molecule has 0 unspecified atom stereocenters. The van der Waals surface area contributed by atoms with Gasteiger partial charge in [-0.15, -0.1) is 4.73 Å². The standard InChI is InChI=1S/C25H25F3N4O4/c1-16-3-9-19(10-4-16)36-15-22(33)31-12-11-21-20(14-31)23(34)32(35-2)24(30-21)29-13-17-5-7-18(8-6-17)25(26,27)28/h3-10H,11-15H2,1-2H3,(H,29,30). The Labute approximate surface area is 205 Å². The third-order valence-electron chi connectivity index (χ3n) is 5.84. The average molecular weight is 502 g/mol. The molecular weight excluding hydrogens is 477 g/mol. The molecule has 0 saturated heterocycles. The van der Waals surface area contributed by atoms with Gasteiger partial charge in [0.1, 0.15) is 12.9 Å². The molecule has 2 heterocycles. The molecule has 1 N–H and O–H groups in total. The van der Waals surface area contributed by atoms with Crippen LogP contribution in [0.15, 0.2) is 53.3 Å². The van der Waals surface area contributed by atoms with Crippen molar-refractivity contribution in [3.05, 3.63) is 86.8 Å². The Kier molecular flexibility index (Phi) is 7.18. The lowest BCUT2D eigenvalue weighted by Crippen LogP contribution is -2.43. The number of carbonyl (C=O) groups excluding carboxylic acids is 1. The number of fused-ring (bicyclic) bond motifs is 1. The number of ether oxygens (including phenoxy) is 1. The Morgan fingerprint density at radius 1 is 1.11 bits per heavy atom. The predicted octanol–water partition coefficient (Wildman–Crippen LogP) is 3.20. The number of hydrogen-bond acceptors (Lipinski definition) is 6. The number of benzene rings is 2. The second-order valence-corrected chi connectivity index (χ2v) is 8.36. The summed E-state index contributed by atoms with van der Waals surface area (Å²) in [4.78, 5) is 37.0. The van der Waals surface area contributed by atoms with Gasteiger partial charge in [-0.25, -0.2) is 4.98 Å². The second kappa shape index (κ2) is 10.3. The van der Waals surface area contributed by atoms with Gasteiger partial charge < -0.3 is 19.8 Å². The highest BCUT2D eigenvalue weighted by molar-refractivity contribution is 5.78. The van der Waals surface area contributed by atoms with Crippen LogP contribution >= 0.6 is 0 Å². The number of halogens is 3. The van der Waals surface area contributed by atoms with Crippen molar-refractivity contribution >= 4 is 11.9 Å². The molecule has 0 aliphatic carbocycles. The Morgan fingerprint density at radius 2 is 1.81 bits per heavy atom. The maximum atomic E-state index is 13.1. The summed E-state index contributed by atoms with van der Waals surface area (Å²) in [5.41, 5.74) is 1.32. The molecule has 0 spiro atoms.